The van der Waals surface area contributed by atoms with Crippen molar-refractivity contribution in [2.75, 3.05) is 19.6 Å². The van der Waals surface area contributed by atoms with Gasteiger partial charge in [0.25, 0.3) is 0 Å². The molecule has 1 amide bonds. The maximum absolute atomic E-state index is 12.2. The highest BCUT2D eigenvalue weighted by atomic mass is 16.1. The maximum atomic E-state index is 12.2. The molecular weight excluding hydrogens is 248 g/mol. The van der Waals surface area contributed by atoms with Crippen LogP contribution in [0, 0.1) is 12.8 Å². The Morgan fingerprint density at radius 1 is 1.35 bits per heavy atom. The van der Waals surface area contributed by atoms with E-state index in [4.69, 9.17) is 0 Å². The topological polar surface area (TPSA) is 41.1 Å². The average molecular weight is 274 g/mol. The van der Waals surface area contributed by atoms with Gasteiger partial charge in [-0.05, 0) is 31.9 Å². The predicted octanol–water partition coefficient (Wildman–Crippen LogP) is 2.39. The van der Waals surface area contributed by atoms with E-state index in [1.807, 2.05) is 0 Å². The second-order valence-electron chi connectivity index (χ2n) is 6.51. The number of piperidine rings is 1. The van der Waals surface area contributed by atoms with Gasteiger partial charge >= 0.3 is 0 Å². The monoisotopic (exact) mass is 274 g/mol. The number of nitrogens with one attached hydrogen (secondary N) is 2. The highest BCUT2D eigenvalue weighted by Gasteiger charge is 2.25. The van der Waals surface area contributed by atoms with Crippen LogP contribution in [0.2, 0.25) is 0 Å². The van der Waals surface area contributed by atoms with Gasteiger partial charge in [0.05, 0.1) is 5.92 Å². The van der Waals surface area contributed by atoms with Crippen LogP contribution in [-0.4, -0.2) is 25.5 Å². The molecule has 2 N–H and O–H groups in total. The molecule has 1 atom stereocenters. The van der Waals surface area contributed by atoms with E-state index < -0.39 is 0 Å². The molecule has 0 radical (unpaired) electrons. The number of benzene rings is 1. The summed E-state index contributed by atoms with van der Waals surface area (Å²) in [6, 6.07) is 8.57. The number of carbonyl (C=O) groups is 1. The van der Waals surface area contributed by atoms with Crippen molar-refractivity contribution in [2.24, 2.45) is 5.92 Å². The van der Waals surface area contributed by atoms with Gasteiger partial charge in [-0.1, -0.05) is 43.7 Å². The third-order valence-electron chi connectivity index (χ3n) is 4.21. The molecule has 0 spiro atoms. The number of hydrogen-bond donors (Lipinski definition) is 2. The molecule has 0 aromatic heterocycles. The third kappa shape index (κ3) is 3.83. The zero-order chi connectivity index (χ0) is 14.6. The molecule has 1 fully saturated rings. The van der Waals surface area contributed by atoms with Gasteiger partial charge < -0.3 is 10.6 Å². The van der Waals surface area contributed by atoms with Crippen LogP contribution in [0.25, 0.3) is 0 Å². The number of amides is 1. The van der Waals surface area contributed by atoms with Crippen molar-refractivity contribution in [3.8, 4) is 0 Å². The van der Waals surface area contributed by atoms with Gasteiger partial charge in [0.15, 0.2) is 0 Å². The van der Waals surface area contributed by atoms with Crippen molar-refractivity contribution in [3.05, 3.63) is 35.4 Å². The summed E-state index contributed by atoms with van der Waals surface area (Å²) in [6.07, 6.45) is 2.10. The molecule has 1 aromatic carbocycles. The van der Waals surface area contributed by atoms with Crippen molar-refractivity contribution < 1.29 is 4.79 Å². The van der Waals surface area contributed by atoms with E-state index in [0.717, 1.165) is 25.9 Å². The van der Waals surface area contributed by atoms with Crippen LogP contribution >= 0.6 is 0 Å². The summed E-state index contributed by atoms with van der Waals surface area (Å²) in [5, 5.41) is 6.42. The molecule has 1 aliphatic heterocycles. The van der Waals surface area contributed by atoms with E-state index in [0.29, 0.717) is 6.54 Å². The number of rotatable bonds is 4. The Kier molecular flexibility index (Phi) is 4.81. The van der Waals surface area contributed by atoms with E-state index in [1.165, 1.54) is 11.1 Å². The van der Waals surface area contributed by atoms with Gasteiger partial charge in [0.1, 0.15) is 0 Å². The number of carbonyl (C=O) groups excluding carboxylic acids is 1. The summed E-state index contributed by atoms with van der Waals surface area (Å²) in [7, 11) is 0. The average Bonchev–Trinajstić information content (AvgIpc) is 2.46. The highest BCUT2D eigenvalue weighted by Crippen LogP contribution is 2.23. The first-order valence-electron chi connectivity index (χ1n) is 7.54. The number of hydrogen-bond acceptors (Lipinski definition) is 2. The van der Waals surface area contributed by atoms with Crippen LogP contribution in [-0.2, 0) is 10.2 Å². The standard InChI is InChI=1S/C17H26N2O/c1-13-6-8-15(9-7-13)17(2,3)12-19-16(20)14-5-4-10-18-11-14/h6-9,14,18H,4-5,10-12H2,1-3H3,(H,19,20). The first-order valence-corrected chi connectivity index (χ1v) is 7.54. The van der Waals surface area contributed by atoms with E-state index in [-0.39, 0.29) is 17.2 Å². The van der Waals surface area contributed by atoms with Gasteiger partial charge in [-0.15, -0.1) is 0 Å². The van der Waals surface area contributed by atoms with Gasteiger partial charge in [-0.2, -0.15) is 0 Å². The fourth-order valence-electron chi connectivity index (χ4n) is 2.63. The smallest absolute Gasteiger partial charge is 0.224 e. The van der Waals surface area contributed by atoms with Gasteiger partial charge in [0.2, 0.25) is 5.91 Å². The van der Waals surface area contributed by atoms with Crippen molar-refractivity contribution in [2.45, 2.75) is 39.0 Å². The second kappa shape index (κ2) is 6.40. The Morgan fingerprint density at radius 2 is 2.05 bits per heavy atom. The molecule has 1 aliphatic rings. The van der Waals surface area contributed by atoms with Gasteiger partial charge in [-0.25, -0.2) is 0 Å². The minimum atomic E-state index is -0.0363. The lowest BCUT2D eigenvalue weighted by Gasteiger charge is -2.28. The Labute approximate surface area is 122 Å². The summed E-state index contributed by atoms with van der Waals surface area (Å²) < 4.78 is 0. The molecule has 1 aromatic rings. The van der Waals surface area contributed by atoms with E-state index in [1.54, 1.807) is 0 Å². The molecule has 2 rings (SSSR count). The summed E-state index contributed by atoms with van der Waals surface area (Å²) in [5.74, 6) is 0.329. The molecule has 3 heteroatoms. The van der Waals surface area contributed by atoms with E-state index in [2.05, 4.69) is 55.7 Å². The molecule has 0 saturated carbocycles. The normalized spacial score (nSPS) is 19.6. The molecular formula is C17H26N2O. The van der Waals surface area contributed by atoms with Crippen LogP contribution in [0.3, 0.4) is 0 Å². The van der Waals surface area contributed by atoms with E-state index in [9.17, 15) is 4.79 Å². The van der Waals surface area contributed by atoms with Crippen molar-refractivity contribution >= 4 is 5.91 Å². The Bertz CT molecular complexity index is 445. The SMILES string of the molecule is Cc1ccc(C(C)(C)CNC(=O)C2CCCNC2)cc1. The Hall–Kier alpha value is -1.35. The maximum Gasteiger partial charge on any atom is 0.224 e. The Balaban J connectivity index is 1.91. The summed E-state index contributed by atoms with van der Waals surface area (Å²) in [4.78, 5) is 12.2. The molecule has 1 heterocycles. The zero-order valence-electron chi connectivity index (χ0n) is 12.8. The summed E-state index contributed by atoms with van der Waals surface area (Å²) in [5.41, 5.74) is 2.50. The van der Waals surface area contributed by atoms with Crippen molar-refractivity contribution in [3.63, 3.8) is 0 Å². The lowest BCUT2D eigenvalue weighted by Crippen LogP contribution is -2.44. The van der Waals surface area contributed by atoms with Gasteiger partial charge in [0, 0.05) is 18.5 Å². The predicted molar refractivity (Wildman–Crippen MR) is 82.8 cm³/mol. The van der Waals surface area contributed by atoms with Crippen molar-refractivity contribution in [1.82, 2.24) is 10.6 Å². The number of aryl methyl sites for hydroxylation is 1. The minimum Gasteiger partial charge on any atom is -0.355 e. The van der Waals surface area contributed by atoms with Gasteiger partial charge in [-0.3, -0.25) is 4.79 Å². The van der Waals surface area contributed by atoms with E-state index >= 15 is 0 Å². The fraction of sp³-hybridized carbons (Fsp3) is 0.588. The highest BCUT2D eigenvalue weighted by molar-refractivity contribution is 5.79. The molecule has 20 heavy (non-hydrogen) atoms. The zero-order valence-corrected chi connectivity index (χ0v) is 12.8. The molecule has 1 unspecified atom stereocenters. The first-order chi connectivity index (χ1) is 9.49. The van der Waals surface area contributed by atoms with Crippen LogP contribution in [0.5, 0.6) is 0 Å². The lowest BCUT2D eigenvalue weighted by molar-refractivity contribution is -0.125. The second-order valence-corrected chi connectivity index (χ2v) is 6.51. The third-order valence-corrected chi connectivity index (χ3v) is 4.21. The first kappa shape index (κ1) is 15.0. The molecule has 1 saturated heterocycles. The molecule has 0 bridgehead atoms. The summed E-state index contributed by atoms with van der Waals surface area (Å²) in [6.45, 7) is 8.99. The summed E-state index contributed by atoms with van der Waals surface area (Å²) >= 11 is 0. The molecule has 0 aliphatic carbocycles. The fourth-order valence-corrected chi connectivity index (χ4v) is 2.63. The quantitative estimate of drug-likeness (QED) is 0.885. The molecule has 110 valence electrons. The van der Waals surface area contributed by atoms with Crippen LogP contribution in [0.1, 0.15) is 37.8 Å². The molecule has 3 nitrogen and oxygen atoms in total. The van der Waals surface area contributed by atoms with Crippen LogP contribution in [0.15, 0.2) is 24.3 Å². The van der Waals surface area contributed by atoms with Crippen LogP contribution in [0.4, 0.5) is 0 Å². The van der Waals surface area contributed by atoms with Crippen molar-refractivity contribution in [1.29, 1.82) is 0 Å². The van der Waals surface area contributed by atoms with Crippen LogP contribution < -0.4 is 10.6 Å². The minimum absolute atomic E-state index is 0.0363. The lowest BCUT2D eigenvalue weighted by atomic mass is 9.84. The Morgan fingerprint density at radius 3 is 2.65 bits per heavy atom. The largest absolute Gasteiger partial charge is 0.355 e.